The van der Waals surface area contributed by atoms with E-state index >= 15 is 0 Å². The maximum absolute atomic E-state index is 12.0. The Morgan fingerprint density at radius 1 is 1.30 bits per heavy atom. The molecule has 1 atom stereocenters. The number of nitrogens with two attached hydrogens (primary N) is 1. The van der Waals surface area contributed by atoms with Gasteiger partial charge >= 0.3 is 5.97 Å². The van der Waals surface area contributed by atoms with Crippen LogP contribution in [0.25, 0.3) is 0 Å². The molecule has 0 saturated heterocycles. The second kappa shape index (κ2) is 5.66. The molecule has 4 N–H and O–H groups in total. The Hall–Kier alpha value is -2.47. The molecule has 106 valence electrons. The zero-order chi connectivity index (χ0) is 14.7. The SMILES string of the molecule is COC(=O)C(c1cc(O)cc(O)c1)c1ccc(CN)o1. The molecule has 1 aromatic carbocycles. The number of hydrogen-bond acceptors (Lipinski definition) is 6. The second-order valence-electron chi connectivity index (χ2n) is 4.25. The fourth-order valence-corrected chi connectivity index (χ4v) is 1.98. The van der Waals surface area contributed by atoms with Crippen LogP contribution in [0, 0.1) is 0 Å². The van der Waals surface area contributed by atoms with Gasteiger partial charge in [0, 0.05) is 6.07 Å². The van der Waals surface area contributed by atoms with E-state index in [1.54, 1.807) is 12.1 Å². The highest BCUT2D eigenvalue weighted by Crippen LogP contribution is 2.32. The van der Waals surface area contributed by atoms with Crippen LogP contribution < -0.4 is 5.73 Å². The van der Waals surface area contributed by atoms with Crippen LogP contribution in [0.5, 0.6) is 11.5 Å². The van der Waals surface area contributed by atoms with Gasteiger partial charge < -0.3 is 25.1 Å². The summed E-state index contributed by atoms with van der Waals surface area (Å²) >= 11 is 0. The number of ether oxygens (including phenoxy) is 1. The van der Waals surface area contributed by atoms with Crippen LogP contribution in [0.2, 0.25) is 0 Å². The Labute approximate surface area is 115 Å². The molecule has 1 heterocycles. The Morgan fingerprint density at radius 3 is 2.45 bits per heavy atom. The van der Waals surface area contributed by atoms with Crippen LogP contribution in [-0.4, -0.2) is 23.3 Å². The lowest BCUT2D eigenvalue weighted by molar-refractivity contribution is -0.141. The number of furan rings is 1. The minimum absolute atomic E-state index is 0.153. The van der Waals surface area contributed by atoms with E-state index in [4.69, 9.17) is 14.9 Å². The van der Waals surface area contributed by atoms with Crippen LogP contribution in [0.1, 0.15) is 23.0 Å². The maximum Gasteiger partial charge on any atom is 0.320 e. The van der Waals surface area contributed by atoms with E-state index in [0.29, 0.717) is 17.1 Å². The van der Waals surface area contributed by atoms with Crippen molar-refractivity contribution in [2.45, 2.75) is 12.5 Å². The Bertz CT molecular complexity index is 600. The first-order valence-corrected chi connectivity index (χ1v) is 5.94. The molecule has 0 bridgehead atoms. The number of hydrogen-bond donors (Lipinski definition) is 3. The topological polar surface area (TPSA) is 106 Å². The molecule has 1 aromatic heterocycles. The van der Waals surface area contributed by atoms with E-state index < -0.39 is 11.9 Å². The second-order valence-corrected chi connectivity index (χ2v) is 4.25. The summed E-state index contributed by atoms with van der Waals surface area (Å²) in [6.45, 7) is 0.208. The first kappa shape index (κ1) is 14.0. The van der Waals surface area contributed by atoms with Crippen molar-refractivity contribution in [2.75, 3.05) is 7.11 Å². The van der Waals surface area contributed by atoms with E-state index in [9.17, 15) is 15.0 Å². The Balaban J connectivity index is 2.49. The zero-order valence-electron chi connectivity index (χ0n) is 10.9. The van der Waals surface area contributed by atoms with E-state index in [2.05, 4.69) is 0 Å². The van der Waals surface area contributed by atoms with E-state index in [-0.39, 0.29) is 18.0 Å². The summed E-state index contributed by atoms with van der Waals surface area (Å²) in [4.78, 5) is 12.0. The third-order valence-electron chi connectivity index (χ3n) is 2.86. The molecule has 2 rings (SSSR count). The first-order valence-electron chi connectivity index (χ1n) is 5.94. The molecule has 0 spiro atoms. The zero-order valence-corrected chi connectivity index (χ0v) is 10.9. The molecule has 0 saturated carbocycles. The maximum atomic E-state index is 12.0. The monoisotopic (exact) mass is 277 g/mol. The number of carbonyl (C=O) groups excluding carboxylic acids is 1. The number of methoxy groups -OCH3 is 1. The van der Waals surface area contributed by atoms with Crippen LogP contribution in [-0.2, 0) is 16.1 Å². The average molecular weight is 277 g/mol. The summed E-state index contributed by atoms with van der Waals surface area (Å²) in [5.74, 6) is -0.884. The summed E-state index contributed by atoms with van der Waals surface area (Å²) in [6, 6.07) is 7.18. The minimum Gasteiger partial charge on any atom is -0.508 e. The van der Waals surface area contributed by atoms with Crippen LogP contribution >= 0.6 is 0 Å². The third-order valence-corrected chi connectivity index (χ3v) is 2.86. The molecule has 0 fully saturated rings. The highest BCUT2D eigenvalue weighted by Gasteiger charge is 2.27. The van der Waals surface area contributed by atoms with Crippen molar-refractivity contribution in [3.63, 3.8) is 0 Å². The summed E-state index contributed by atoms with van der Waals surface area (Å²) in [7, 11) is 1.25. The molecule has 0 radical (unpaired) electrons. The van der Waals surface area contributed by atoms with Crippen LogP contribution in [0.15, 0.2) is 34.7 Å². The van der Waals surface area contributed by atoms with Gasteiger partial charge in [-0.05, 0) is 29.8 Å². The fourth-order valence-electron chi connectivity index (χ4n) is 1.98. The summed E-state index contributed by atoms with van der Waals surface area (Å²) in [5, 5.41) is 19.1. The van der Waals surface area contributed by atoms with E-state index in [0.717, 1.165) is 0 Å². The van der Waals surface area contributed by atoms with Gasteiger partial charge in [-0.2, -0.15) is 0 Å². The van der Waals surface area contributed by atoms with Crippen molar-refractivity contribution < 1.29 is 24.2 Å². The van der Waals surface area contributed by atoms with Crippen molar-refractivity contribution in [2.24, 2.45) is 5.73 Å². The molecule has 6 nitrogen and oxygen atoms in total. The predicted octanol–water partition coefficient (Wildman–Crippen LogP) is 1.45. The molecule has 20 heavy (non-hydrogen) atoms. The number of esters is 1. The van der Waals surface area contributed by atoms with Crippen molar-refractivity contribution in [3.8, 4) is 11.5 Å². The number of phenols is 2. The molecular weight excluding hydrogens is 262 g/mol. The summed E-state index contributed by atoms with van der Waals surface area (Å²) < 4.78 is 10.2. The number of rotatable bonds is 4. The number of benzene rings is 1. The lowest BCUT2D eigenvalue weighted by Gasteiger charge is -2.13. The van der Waals surface area contributed by atoms with Gasteiger partial charge in [0.25, 0.3) is 0 Å². The van der Waals surface area contributed by atoms with Crippen LogP contribution in [0.3, 0.4) is 0 Å². The Kier molecular flexibility index (Phi) is 3.95. The van der Waals surface area contributed by atoms with Crippen molar-refractivity contribution >= 4 is 5.97 Å². The lowest BCUT2D eigenvalue weighted by Crippen LogP contribution is -2.15. The molecule has 1 unspecified atom stereocenters. The standard InChI is InChI=1S/C14H15NO5/c1-19-14(18)13(12-3-2-11(7-15)20-12)8-4-9(16)6-10(17)5-8/h2-6,13,16-17H,7,15H2,1H3. The van der Waals surface area contributed by atoms with Crippen molar-refractivity contribution in [1.82, 2.24) is 0 Å². The molecule has 0 aliphatic carbocycles. The predicted molar refractivity (Wildman–Crippen MR) is 70.2 cm³/mol. The molecule has 2 aromatic rings. The van der Waals surface area contributed by atoms with Crippen molar-refractivity contribution in [3.05, 3.63) is 47.4 Å². The van der Waals surface area contributed by atoms with Gasteiger partial charge in [0.2, 0.25) is 0 Å². The molecule has 6 heteroatoms. The minimum atomic E-state index is -0.877. The van der Waals surface area contributed by atoms with Gasteiger partial charge in [0.1, 0.15) is 28.9 Å². The molecule has 0 aliphatic heterocycles. The van der Waals surface area contributed by atoms with Gasteiger partial charge in [-0.1, -0.05) is 0 Å². The average Bonchev–Trinajstić information content (AvgIpc) is 2.86. The highest BCUT2D eigenvalue weighted by molar-refractivity contribution is 5.81. The molecule has 0 amide bonds. The van der Waals surface area contributed by atoms with E-state index in [1.165, 1.54) is 25.3 Å². The Morgan fingerprint density at radius 2 is 1.95 bits per heavy atom. The van der Waals surface area contributed by atoms with Gasteiger partial charge in [-0.25, -0.2) is 0 Å². The quantitative estimate of drug-likeness (QED) is 0.730. The number of carbonyl (C=O) groups is 1. The molecular formula is C14H15NO5. The van der Waals surface area contributed by atoms with Gasteiger partial charge in [-0.15, -0.1) is 0 Å². The van der Waals surface area contributed by atoms with Crippen molar-refractivity contribution in [1.29, 1.82) is 0 Å². The molecule has 0 aliphatic rings. The van der Waals surface area contributed by atoms with Gasteiger partial charge in [0.15, 0.2) is 0 Å². The fraction of sp³-hybridized carbons (Fsp3) is 0.214. The number of phenolic OH excluding ortho intramolecular Hbond substituents is 2. The van der Waals surface area contributed by atoms with Gasteiger partial charge in [0.05, 0.1) is 13.7 Å². The first-order chi connectivity index (χ1) is 9.55. The number of aromatic hydroxyl groups is 2. The lowest BCUT2D eigenvalue weighted by atomic mass is 9.96. The largest absolute Gasteiger partial charge is 0.508 e. The summed E-state index contributed by atoms with van der Waals surface area (Å²) in [5.41, 5.74) is 5.84. The van der Waals surface area contributed by atoms with Crippen LogP contribution in [0.4, 0.5) is 0 Å². The summed E-state index contributed by atoms with van der Waals surface area (Å²) in [6.07, 6.45) is 0. The normalized spacial score (nSPS) is 12.1. The highest BCUT2D eigenvalue weighted by atomic mass is 16.5. The van der Waals surface area contributed by atoms with E-state index in [1.807, 2.05) is 0 Å². The third kappa shape index (κ3) is 2.75. The smallest absolute Gasteiger partial charge is 0.320 e. The van der Waals surface area contributed by atoms with Gasteiger partial charge in [-0.3, -0.25) is 4.79 Å².